The minimum Gasteiger partial charge on any atom is -0.385 e. The molecule has 0 saturated heterocycles. The van der Waals surface area contributed by atoms with Crippen molar-refractivity contribution in [2.45, 2.75) is 158 Å². The summed E-state index contributed by atoms with van der Waals surface area (Å²) in [7, 11) is 1.72. The Morgan fingerprint density at radius 3 is 1.38 bits per heavy atom. The van der Waals surface area contributed by atoms with Crippen LogP contribution in [0.3, 0.4) is 0 Å². The van der Waals surface area contributed by atoms with Crippen molar-refractivity contribution in [3.8, 4) is 34.6 Å². The third-order valence-corrected chi connectivity index (χ3v) is 17.5. The van der Waals surface area contributed by atoms with Crippen LogP contribution in [0.5, 0.6) is 0 Å². The van der Waals surface area contributed by atoms with E-state index >= 15 is 0 Å². The Hall–Kier alpha value is -9.88. The summed E-state index contributed by atoms with van der Waals surface area (Å²) < 4.78 is 11.1. The minimum atomic E-state index is -0.650. The standard InChI is InChI=1S/C26H30N4O3.C25H28N4O2.C24H26N4O2/c1-17-9-11-19(12-10-17)7-6-13-30-22-16-20(8-4-5-14-33-3)18(2)15-21(22)27-23-24(30)28-26(32)29-25(23)31;1-15(2)18-10-11-20-19(12-18)26-21-22(27-24(31)28-23(21)30)29(20)14-25(4,5)13-17-8-6-16(3)7-9-17;1-14(2)18-9-10-20-19(13-18)25-21-22(26-24(30)27-23(21)29)28(20)12-11-16(4)17-7-5-15(3)6-8-17/h9-12,15-16H,4-8,13-14H2,1-3H3,(H,29,31,32);6-12,15H,13-14H2,1-5H3,(H,28,30,31);5-10,13-14,16H,11-12H2,1-4H3,(H,27,29,30). The third-order valence-electron chi connectivity index (χ3n) is 17.5. The zero-order valence-electron chi connectivity index (χ0n) is 55.9. The maximum absolute atomic E-state index is 12.5. The first-order chi connectivity index (χ1) is 44.9. The molecule has 6 aromatic carbocycles. The maximum Gasteiger partial charge on any atom is 0.349 e. The van der Waals surface area contributed by atoms with Crippen LogP contribution in [-0.4, -0.2) is 72.3 Å². The Bertz CT molecular complexity index is 4940. The predicted octanol–water partition coefficient (Wildman–Crippen LogP) is 12.3. The molecule has 6 aliphatic rings. The highest BCUT2D eigenvalue weighted by Gasteiger charge is 2.27. The summed E-state index contributed by atoms with van der Waals surface area (Å²) in [5.41, 5.74) is 14.0. The average Bonchev–Trinajstić information content (AvgIpc) is 0.770. The van der Waals surface area contributed by atoms with E-state index in [1.54, 1.807) is 7.11 Å². The van der Waals surface area contributed by atoms with E-state index in [0.717, 1.165) is 101 Å². The second-order valence-electron chi connectivity index (χ2n) is 26.4. The van der Waals surface area contributed by atoms with E-state index in [2.05, 4.69) is 212 Å². The lowest BCUT2D eigenvalue weighted by atomic mass is 9.85. The fraction of sp³-hybridized carbons (Fsp3) is 0.360. The molecule has 0 radical (unpaired) electrons. The zero-order chi connectivity index (χ0) is 67.1. The molecule has 1 unspecified atom stereocenters. The zero-order valence-corrected chi connectivity index (χ0v) is 55.9. The first kappa shape index (κ1) is 67.0. The molecular formula is C75H84N12O7. The molecular weight excluding hydrogens is 1180 g/mol. The van der Waals surface area contributed by atoms with Crippen LogP contribution in [0.2, 0.25) is 0 Å². The molecule has 1 atom stereocenters. The lowest BCUT2D eigenvalue weighted by Crippen LogP contribution is -2.31. The minimum absolute atomic E-state index is 0.148. The van der Waals surface area contributed by atoms with Crippen LogP contribution in [0.15, 0.2) is 150 Å². The number of hydrogen-bond donors (Lipinski definition) is 3. The van der Waals surface area contributed by atoms with E-state index in [1.807, 2.05) is 44.0 Å². The van der Waals surface area contributed by atoms with Gasteiger partial charge in [0.2, 0.25) is 0 Å². The highest BCUT2D eigenvalue weighted by Crippen LogP contribution is 2.33. The fourth-order valence-corrected chi connectivity index (χ4v) is 12.1. The lowest BCUT2D eigenvalue weighted by Gasteiger charge is -2.29. The molecule has 0 saturated carbocycles. The van der Waals surface area contributed by atoms with Crippen molar-refractivity contribution in [1.82, 2.24) is 58.6 Å². The molecule has 19 heteroatoms. The van der Waals surface area contributed by atoms with Crippen molar-refractivity contribution < 1.29 is 4.74 Å². The fourth-order valence-electron chi connectivity index (χ4n) is 12.1. The quantitative estimate of drug-likeness (QED) is 0.0504. The topological polar surface area (TPSA) is 251 Å². The molecule has 12 rings (SSSR count). The van der Waals surface area contributed by atoms with Gasteiger partial charge in [0.15, 0.2) is 34.6 Å². The molecule has 94 heavy (non-hydrogen) atoms. The van der Waals surface area contributed by atoms with E-state index in [9.17, 15) is 28.8 Å². The number of nitrogens with zero attached hydrogens (tertiary/aromatic N) is 9. The Balaban J connectivity index is 0.000000154. The molecule has 0 aliphatic carbocycles. The molecule has 0 fully saturated rings. The number of benzene rings is 6. The number of nitrogens with one attached hydrogen (secondary N) is 3. The third kappa shape index (κ3) is 15.8. The van der Waals surface area contributed by atoms with Gasteiger partial charge in [-0.25, -0.2) is 29.3 Å². The molecule has 0 spiro atoms. The number of rotatable bonds is 19. The van der Waals surface area contributed by atoms with Crippen LogP contribution >= 0.6 is 0 Å². The lowest BCUT2D eigenvalue weighted by molar-refractivity contribution is 0.193. The van der Waals surface area contributed by atoms with Crippen molar-refractivity contribution in [2.75, 3.05) is 13.7 Å². The Morgan fingerprint density at radius 1 is 0.457 bits per heavy atom. The van der Waals surface area contributed by atoms with Gasteiger partial charge in [-0.3, -0.25) is 29.3 Å². The SMILES string of the molecule is COCCCCc1cc2c(cc1C)nc1c(=O)[nH]c(=O)nc-1n2CCCc1ccc(C)cc1.Cc1ccc(C(C)CCn2c3nc(=O)[nH]c(=O)c-3nc3cc(C(C)C)ccc32)cc1.Cc1ccc(CC(C)(C)Cn2c3nc(=O)[nH]c(=O)c-3nc3cc(C(C)C)ccc32)cc1. The number of aryl methyl sites for hydroxylation is 8. The largest absolute Gasteiger partial charge is 0.385 e. The number of H-pyrrole nitrogens is 3. The highest BCUT2D eigenvalue weighted by molar-refractivity contribution is 5.82. The first-order valence-corrected chi connectivity index (χ1v) is 32.4. The summed E-state index contributed by atoms with van der Waals surface area (Å²) in [5.74, 6) is 2.02. The summed E-state index contributed by atoms with van der Waals surface area (Å²) in [5, 5.41) is 0. The number of aromatic nitrogens is 12. The van der Waals surface area contributed by atoms with Crippen LogP contribution in [0.1, 0.15) is 148 Å². The van der Waals surface area contributed by atoms with Gasteiger partial charge in [-0.05, 0) is 171 Å². The number of hydrogen-bond acceptors (Lipinski definition) is 13. The van der Waals surface area contributed by atoms with Crippen LogP contribution < -0.4 is 33.7 Å². The van der Waals surface area contributed by atoms with Crippen LogP contribution in [-0.2, 0) is 43.6 Å². The van der Waals surface area contributed by atoms with Gasteiger partial charge >= 0.3 is 17.1 Å². The molecule has 0 bridgehead atoms. The van der Waals surface area contributed by atoms with Gasteiger partial charge in [-0.2, -0.15) is 15.0 Å². The molecule has 0 amide bonds. The summed E-state index contributed by atoms with van der Waals surface area (Å²) >= 11 is 0. The molecule has 486 valence electrons. The van der Waals surface area contributed by atoms with Gasteiger partial charge in [0.25, 0.3) is 16.7 Å². The molecule has 3 N–H and O–H groups in total. The molecule has 6 heterocycles. The van der Waals surface area contributed by atoms with Gasteiger partial charge in [-0.1, -0.05) is 150 Å². The van der Waals surface area contributed by atoms with E-state index < -0.39 is 33.7 Å². The number of unbranched alkanes of at least 4 members (excludes halogenated alkanes) is 1. The van der Waals surface area contributed by atoms with Gasteiger partial charge in [-0.15, -0.1) is 0 Å². The number of ether oxygens (including phenoxy) is 1. The summed E-state index contributed by atoms with van der Waals surface area (Å²) in [4.78, 5) is 106. The average molecular weight is 1270 g/mol. The summed E-state index contributed by atoms with van der Waals surface area (Å²) in [6.45, 7) is 26.0. The number of aromatic amines is 3. The molecule has 19 nitrogen and oxygen atoms in total. The van der Waals surface area contributed by atoms with Gasteiger partial charge in [0.05, 0.1) is 33.1 Å². The second-order valence-corrected chi connectivity index (χ2v) is 26.4. The van der Waals surface area contributed by atoms with Crippen molar-refractivity contribution in [3.63, 3.8) is 0 Å². The Kier molecular flexibility index (Phi) is 20.7. The van der Waals surface area contributed by atoms with E-state index in [1.165, 1.54) is 38.9 Å². The highest BCUT2D eigenvalue weighted by atomic mass is 16.5. The summed E-state index contributed by atoms with van der Waals surface area (Å²) in [6, 6.07) is 42.0. The molecule has 0 aromatic heterocycles. The van der Waals surface area contributed by atoms with Gasteiger partial charge in [0, 0.05) is 33.4 Å². The summed E-state index contributed by atoms with van der Waals surface area (Å²) in [6.07, 6.45) is 6.39. The maximum atomic E-state index is 12.5. The Morgan fingerprint density at radius 2 is 0.894 bits per heavy atom. The first-order valence-electron chi connectivity index (χ1n) is 32.4. The van der Waals surface area contributed by atoms with Gasteiger partial charge < -0.3 is 18.4 Å². The van der Waals surface area contributed by atoms with Gasteiger partial charge in [0.1, 0.15) is 0 Å². The number of fused-ring (bicyclic) bond motifs is 6. The van der Waals surface area contributed by atoms with Crippen molar-refractivity contribution >= 4 is 33.1 Å². The van der Waals surface area contributed by atoms with Crippen molar-refractivity contribution in [1.29, 1.82) is 0 Å². The van der Waals surface area contributed by atoms with Crippen molar-refractivity contribution in [2.24, 2.45) is 5.41 Å². The van der Waals surface area contributed by atoms with E-state index in [4.69, 9.17) is 4.74 Å². The van der Waals surface area contributed by atoms with Crippen LogP contribution in [0.4, 0.5) is 0 Å². The smallest absolute Gasteiger partial charge is 0.349 e. The normalized spacial score (nSPS) is 12.1. The second kappa shape index (κ2) is 29.0. The monoisotopic (exact) mass is 1260 g/mol. The van der Waals surface area contributed by atoms with E-state index in [0.29, 0.717) is 54.9 Å². The molecule has 6 aliphatic heterocycles. The van der Waals surface area contributed by atoms with Crippen LogP contribution in [0, 0.1) is 33.1 Å². The number of methoxy groups -OCH3 is 1. The van der Waals surface area contributed by atoms with E-state index in [-0.39, 0.29) is 22.5 Å². The van der Waals surface area contributed by atoms with Crippen LogP contribution in [0.25, 0.3) is 67.7 Å². The predicted molar refractivity (Wildman–Crippen MR) is 373 cm³/mol. The molecule has 6 aromatic rings. The Labute approximate surface area is 545 Å². The van der Waals surface area contributed by atoms with Crippen molar-refractivity contribution in [3.05, 3.63) is 239 Å².